The highest BCUT2D eigenvalue weighted by molar-refractivity contribution is 6.33. The summed E-state index contributed by atoms with van der Waals surface area (Å²) in [6.07, 6.45) is 1.03. The molecule has 1 saturated heterocycles. The smallest absolute Gasteiger partial charge is 0.191 e. The highest BCUT2D eigenvalue weighted by atomic mass is 35.5. The Hall–Kier alpha value is -1.82. The molecule has 2 N–H and O–H groups in total. The number of phenolic OH excluding ortho intramolecular Hbond substituents is 1. The van der Waals surface area contributed by atoms with Crippen LogP contribution >= 0.6 is 11.6 Å². The monoisotopic (exact) mass is 292 g/mol. The van der Waals surface area contributed by atoms with E-state index in [1.807, 2.05) is 13.0 Å². The van der Waals surface area contributed by atoms with Gasteiger partial charge in [-0.05, 0) is 25.1 Å². The van der Waals surface area contributed by atoms with E-state index in [0.29, 0.717) is 16.5 Å². The molecule has 2 aromatic rings. The lowest BCUT2D eigenvalue weighted by Crippen LogP contribution is -2.31. The van der Waals surface area contributed by atoms with Crippen LogP contribution in [0.3, 0.4) is 0 Å². The van der Waals surface area contributed by atoms with Gasteiger partial charge in [0.25, 0.3) is 0 Å². The average Bonchev–Trinajstić information content (AvgIpc) is 2.40. The minimum Gasteiger partial charge on any atom is -0.506 e. The molecule has 0 saturated carbocycles. The molecule has 0 unspecified atom stereocenters. The van der Waals surface area contributed by atoms with Gasteiger partial charge in [0.05, 0.1) is 10.7 Å². The van der Waals surface area contributed by atoms with Crippen LogP contribution in [0.4, 0.5) is 11.5 Å². The first-order valence-electron chi connectivity index (χ1n) is 6.15. The number of aromatic nitrogens is 1. The van der Waals surface area contributed by atoms with E-state index in [-0.39, 0.29) is 12.0 Å². The van der Waals surface area contributed by atoms with Crippen LogP contribution in [0.1, 0.15) is 18.8 Å². The highest BCUT2D eigenvalue weighted by Gasteiger charge is 2.29. The SMILES string of the molecule is CC1OC(c2cnc(Nc3ccccc3O)c(Cl)c2)O1. The molecule has 1 fully saturated rings. The molecule has 0 spiro atoms. The number of halogens is 1. The maximum absolute atomic E-state index is 9.71. The molecule has 0 aliphatic carbocycles. The van der Waals surface area contributed by atoms with E-state index in [9.17, 15) is 5.11 Å². The Bertz CT molecular complexity index is 630. The first-order chi connectivity index (χ1) is 9.63. The average molecular weight is 293 g/mol. The first-order valence-corrected chi connectivity index (χ1v) is 6.52. The van der Waals surface area contributed by atoms with E-state index in [1.54, 1.807) is 30.5 Å². The molecule has 0 atom stereocenters. The number of rotatable bonds is 3. The van der Waals surface area contributed by atoms with Crippen LogP contribution in [0.15, 0.2) is 36.5 Å². The quantitative estimate of drug-likeness (QED) is 0.847. The normalized spacial score (nSPS) is 21.3. The number of ether oxygens (including phenoxy) is 2. The number of nitrogens with one attached hydrogen (secondary N) is 1. The van der Waals surface area contributed by atoms with Crippen LogP contribution in [-0.4, -0.2) is 16.4 Å². The summed E-state index contributed by atoms with van der Waals surface area (Å²) in [6, 6.07) is 8.60. The predicted octanol–water partition coefficient (Wildman–Crippen LogP) is 3.58. The van der Waals surface area contributed by atoms with Gasteiger partial charge in [-0.25, -0.2) is 4.98 Å². The van der Waals surface area contributed by atoms with E-state index in [4.69, 9.17) is 21.1 Å². The van der Waals surface area contributed by atoms with E-state index < -0.39 is 6.29 Å². The van der Waals surface area contributed by atoms with Crippen molar-refractivity contribution in [1.29, 1.82) is 0 Å². The summed E-state index contributed by atoms with van der Waals surface area (Å²) in [5.41, 5.74) is 1.30. The third-order valence-electron chi connectivity index (χ3n) is 2.92. The second-order valence-corrected chi connectivity index (χ2v) is 4.82. The maximum Gasteiger partial charge on any atom is 0.191 e. The Morgan fingerprint density at radius 2 is 2.05 bits per heavy atom. The topological polar surface area (TPSA) is 63.6 Å². The number of benzene rings is 1. The molecular weight excluding hydrogens is 280 g/mol. The third-order valence-corrected chi connectivity index (χ3v) is 3.21. The van der Waals surface area contributed by atoms with Gasteiger partial charge in [-0.1, -0.05) is 23.7 Å². The standard InChI is InChI=1S/C14H13ClN2O3/c1-8-19-14(20-8)9-6-10(15)13(16-7-9)17-11-4-2-3-5-12(11)18/h2-8,14,18H,1H3,(H,16,17). The largest absolute Gasteiger partial charge is 0.506 e. The van der Waals surface area contributed by atoms with Gasteiger partial charge >= 0.3 is 0 Å². The van der Waals surface area contributed by atoms with Gasteiger partial charge < -0.3 is 19.9 Å². The van der Waals surface area contributed by atoms with Crippen LogP contribution in [0, 0.1) is 0 Å². The molecule has 0 bridgehead atoms. The third kappa shape index (κ3) is 2.56. The van der Waals surface area contributed by atoms with Crippen molar-refractivity contribution in [3.63, 3.8) is 0 Å². The number of para-hydroxylation sites is 2. The molecule has 5 nitrogen and oxygen atoms in total. The number of aromatic hydroxyl groups is 1. The van der Waals surface area contributed by atoms with E-state index in [0.717, 1.165) is 5.56 Å². The van der Waals surface area contributed by atoms with Crippen LogP contribution in [0.25, 0.3) is 0 Å². The Balaban J connectivity index is 1.79. The molecule has 1 aliphatic heterocycles. The Morgan fingerprint density at radius 1 is 1.30 bits per heavy atom. The van der Waals surface area contributed by atoms with Crippen molar-refractivity contribution < 1.29 is 14.6 Å². The lowest BCUT2D eigenvalue weighted by Gasteiger charge is -2.33. The minimum atomic E-state index is -0.408. The van der Waals surface area contributed by atoms with Gasteiger partial charge in [0, 0.05) is 11.8 Å². The fraction of sp³-hybridized carbons (Fsp3) is 0.214. The predicted molar refractivity (Wildman–Crippen MR) is 75.0 cm³/mol. The van der Waals surface area contributed by atoms with Crippen molar-refractivity contribution in [3.8, 4) is 5.75 Å². The van der Waals surface area contributed by atoms with Crippen molar-refractivity contribution in [2.45, 2.75) is 19.5 Å². The molecule has 0 radical (unpaired) electrons. The zero-order valence-electron chi connectivity index (χ0n) is 10.7. The van der Waals surface area contributed by atoms with Crippen molar-refractivity contribution in [2.75, 3.05) is 5.32 Å². The highest BCUT2D eigenvalue weighted by Crippen LogP contribution is 2.35. The zero-order valence-corrected chi connectivity index (χ0v) is 11.5. The Kier molecular flexibility index (Phi) is 3.48. The summed E-state index contributed by atoms with van der Waals surface area (Å²) >= 11 is 6.18. The molecule has 0 amide bonds. The van der Waals surface area contributed by atoms with Crippen molar-refractivity contribution in [2.24, 2.45) is 0 Å². The molecular formula is C14H13ClN2O3. The number of hydrogen-bond donors (Lipinski definition) is 2. The summed E-state index contributed by atoms with van der Waals surface area (Å²) in [5, 5.41) is 13.1. The fourth-order valence-corrected chi connectivity index (χ4v) is 2.12. The lowest BCUT2D eigenvalue weighted by atomic mass is 10.2. The second kappa shape index (κ2) is 5.28. The maximum atomic E-state index is 9.71. The minimum absolute atomic E-state index is 0.133. The molecule has 2 heterocycles. The van der Waals surface area contributed by atoms with Crippen molar-refractivity contribution >= 4 is 23.1 Å². The van der Waals surface area contributed by atoms with Crippen LogP contribution in [0.2, 0.25) is 5.02 Å². The molecule has 104 valence electrons. The summed E-state index contributed by atoms with van der Waals surface area (Å²) in [5.74, 6) is 0.596. The van der Waals surface area contributed by atoms with Gasteiger partial charge in [-0.15, -0.1) is 0 Å². The van der Waals surface area contributed by atoms with Gasteiger partial charge in [-0.3, -0.25) is 0 Å². The Labute approximate surface area is 121 Å². The zero-order chi connectivity index (χ0) is 14.1. The molecule has 1 aromatic carbocycles. The molecule has 1 aromatic heterocycles. The van der Waals surface area contributed by atoms with Gasteiger partial charge in [0.15, 0.2) is 12.6 Å². The van der Waals surface area contributed by atoms with E-state index in [2.05, 4.69) is 10.3 Å². The van der Waals surface area contributed by atoms with Gasteiger partial charge in [0.2, 0.25) is 0 Å². The number of nitrogens with zero attached hydrogens (tertiary/aromatic N) is 1. The van der Waals surface area contributed by atoms with E-state index in [1.165, 1.54) is 0 Å². The van der Waals surface area contributed by atoms with Crippen LogP contribution in [-0.2, 0) is 9.47 Å². The van der Waals surface area contributed by atoms with Crippen molar-refractivity contribution in [3.05, 3.63) is 47.1 Å². The second-order valence-electron chi connectivity index (χ2n) is 4.41. The fourth-order valence-electron chi connectivity index (χ4n) is 1.90. The molecule has 6 heteroatoms. The molecule has 20 heavy (non-hydrogen) atoms. The van der Waals surface area contributed by atoms with Crippen LogP contribution < -0.4 is 5.32 Å². The first kappa shape index (κ1) is 13.2. The summed E-state index contributed by atoms with van der Waals surface area (Å²) < 4.78 is 10.8. The number of phenols is 1. The van der Waals surface area contributed by atoms with Crippen LogP contribution in [0.5, 0.6) is 5.75 Å². The number of hydrogen-bond acceptors (Lipinski definition) is 5. The van der Waals surface area contributed by atoms with E-state index >= 15 is 0 Å². The summed E-state index contributed by atoms with van der Waals surface area (Å²) in [7, 11) is 0. The van der Waals surface area contributed by atoms with Gasteiger partial charge in [0.1, 0.15) is 11.6 Å². The summed E-state index contributed by atoms with van der Waals surface area (Å²) in [4.78, 5) is 4.23. The van der Waals surface area contributed by atoms with Gasteiger partial charge in [-0.2, -0.15) is 0 Å². The number of pyridine rings is 1. The lowest BCUT2D eigenvalue weighted by molar-refractivity contribution is -0.382. The van der Waals surface area contributed by atoms with Crippen molar-refractivity contribution in [1.82, 2.24) is 4.98 Å². The molecule has 3 rings (SSSR count). The summed E-state index contributed by atoms with van der Waals surface area (Å²) in [6.45, 7) is 1.82. The number of anilines is 2. The Morgan fingerprint density at radius 3 is 2.70 bits per heavy atom. The molecule has 1 aliphatic rings.